The molecular formula is C25H25F3O7. The van der Waals surface area contributed by atoms with Crippen molar-refractivity contribution < 1.29 is 41.3 Å². The summed E-state index contributed by atoms with van der Waals surface area (Å²) >= 11 is 0. The third kappa shape index (κ3) is 6.46. The molecule has 1 atom stereocenters. The lowest BCUT2D eigenvalue weighted by Crippen LogP contribution is -2.26. The maximum absolute atomic E-state index is 13.7. The number of fused-ring (bicyclic) bond motifs is 1. The molecule has 3 rings (SSSR count). The van der Waals surface area contributed by atoms with Crippen molar-refractivity contribution >= 4 is 16.9 Å². The Morgan fingerprint density at radius 2 is 1.63 bits per heavy atom. The second-order valence-electron chi connectivity index (χ2n) is 8.13. The standard InChI is InChI=1S/C25H25F3O7/c1-14(2)11-12-32-24(30)15(3)33-18-9-10-19-20(13-18)35-23(25(26,27)28)22(21(19)29)34-17-7-5-16(31-4)6-8-17/h5-10,13-15H,11-12H2,1-4H3/t15-/m1/s1. The molecule has 0 N–H and O–H groups in total. The first-order valence-electron chi connectivity index (χ1n) is 10.8. The van der Waals surface area contributed by atoms with Crippen LogP contribution in [0.5, 0.6) is 23.0 Å². The Morgan fingerprint density at radius 1 is 1.00 bits per heavy atom. The smallest absolute Gasteiger partial charge is 0.453 e. The Morgan fingerprint density at radius 3 is 2.23 bits per heavy atom. The van der Waals surface area contributed by atoms with E-state index < -0.39 is 35.2 Å². The number of hydrogen-bond acceptors (Lipinski definition) is 7. The van der Waals surface area contributed by atoms with Gasteiger partial charge in [0.1, 0.15) is 22.8 Å². The number of esters is 1. The Balaban J connectivity index is 1.91. The highest BCUT2D eigenvalue weighted by Gasteiger charge is 2.40. The molecule has 0 saturated carbocycles. The van der Waals surface area contributed by atoms with Crippen molar-refractivity contribution in [1.82, 2.24) is 0 Å². The molecule has 1 heterocycles. The van der Waals surface area contributed by atoms with Gasteiger partial charge in [-0.1, -0.05) is 13.8 Å². The van der Waals surface area contributed by atoms with Crippen LogP contribution in [0.2, 0.25) is 0 Å². The quantitative estimate of drug-likeness (QED) is 0.339. The first-order valence-corrected chi connectivity index (χ1v) is 10.8. The van der Waals surface area contributed by atoms with E-state index in [1.807, 2.05) is 13.8 Å². The van der Waals surface area contributed by atoms with Gasteiger partial charge in [-0.2, -0.15) is 13.2 Å². The zero-order chi connectivity index (χ0) is 25.8. The summed E-state index contributed by atoms with van der Waals surface area (Å²) in [5, 5.41) is -0.152. The van der Waals surface area contributed by atoms with Crippen LogP contribution in [0.1, 0.15) is 33.0 Å². The average Bonchev–Trinajstić information content (AvgIpc) is 2.80. The summed E-state index contributed by atoms with van der Waals surface area (Å²) in [6, 6.07) is 9.38. The van der Waals surface area contributed by atoms with Crippen molar-refractivity contribution in [1.29, 1.82) is 0 Å². The van der Waals surface area contributed by atoms with E-state index in [2.05, 4.69) is 0 Å². The summed E-state index contributed by atoms with van der Waals surface area (Å²) in [4.78, 5) is 25.0. The normalized spacial score (nSPS) is 12.5. The SMILES string of the molecule is COc1ccc(Oc2c(C(F)(F)F)oc3cc(O[C@H](C)C(=O)OCCC(C)C)ccc3c2=O)cc1. The van der Waals surface area contributed by atoms with Gasteiger partial charge in [0.15, 0.2) is 6.10 Å². The van der Waals surface area contributed by atoms with E-state index in [-0.39, 0.29) is 29.1 Å². The molecular weight excluding hydrogens is 469 g/mol. The Kier molecular flexibility index (Phi) is 7.93. The lowest BCUT2D eigenvalue weighted by atomic mass is 10.1. The molecule has 0 saturated heterocycles. The monoisotopic (exact) mass is 494 g/mol. The highest BCUT2D eigenvalue weighted by Crippen LogP contribution is 2.39. The second-order valence-corrected chi connectivity index (χ2v) is 8.13. The van der Waals surface area contributed by atoms with E-state index in [0.29, 0.717) is 18.1 Å². The summed E-state index contributed by atoms with van der Waals surface area (Å²) in [5.41, 5.74) is -1.38. The van der Waals surface area contributed by atoms with Crippen LogP contribution in [0.25, 0.3) is 11.0 Å². The van der Waals surface area contributed by atoms with Gasteiger partial charge in [0.25, 0.3) is 5.76 Å². The fraction of sp³-hybridized carbons (Fsp3) is 0.360. The van der Waals surface area contributed by atoms with E-state index in [0.717, 1.165) is 6.07 Å². The van der Waals surface area contributed by atoms with Gasteiger partial charge in [-0.3, -0.25) is 4.79 Å². The van der Waals surface area contributed by atoms with Crippen LogP contribution < -0.4 is 19.6 Å². The molecule has 0 unspecified atom stereocenters. The van der Waals surface area contributed by atoms with Crippen LogP contribution >= 0.6 is 0 Å². The first-order chi connectivity index (χ1) is 16.5. The van der Waals surface area contributed by atoms with Crippen molar-refractivity contribution in [3.8, 4) is 23.0 Å². The number of ether oxygens (including phenoxy) is 4. The van der Waals surface area contributed by atoms with Gasteiger partial charge in [-0.05, 0) is 55.7 Å². The Labute approximate surface area is 199 Å². The number of halogens is 3. The zero-order valence-corrected chi connectivity index (χ0v) is 19.6. The largest absolute Gasteiger partial charge is 0.497 e. The zero-order valence-electron chi connectivity index (χ0n) is 19.6. The van der Waals surface area contributed by atoms with Gasteiger partial charge in [-0.25, -0.2) is 4.79 Å². The molecule has 1 aromatic heterocycles. The van der Waals surface area contributed by atoms with Gasteiger partial charge in [-0.15, -0.1) is 0 Å². The minimum atomic E-state index is -5.01. The van der Waals surface area contributed by atoms with Crippen LogP contribution in [0, 0.1) is 5.92 Å². The van der Waals surface area contributed by atoms with Crippen LogP contribution in [-0.4, -0.2) is 25.8 Å². The predicted octanol–water partition coefficient (Wildman–Crippen LogP) is 5.97. The molecule has 0 spiro atoms. The number of hydrogen-bond donors (Lipinski definition) is 0. The lowest BCUT2D eigenvalue weighted by Gasteiger charge is -2.16. The summed E-state index contributed by atoms with van der Waals surface area (Å²) < 4.78 is 67.2. The van der Waals surface area contributed by atoms with Gasteiger partial charge < -0.3 is 23.4 Å². The predicted molar refractivity (Wildman–Crippen MR) is 121 cm³/mol. The van der Waals surface area contributed by atoms with Crippen LogP contribution in [-0.2, 0) is 15.7 Å². The molecule has 7 nitrogen and oxygen atoms in total. The minimum Gasteiger partial charge on any atom is -0.497 e. The number of alkyl halides is 3. The molecule has 0 fully saturated rings. The molecule has 10 heteroatoms. The molecule has 2 aromatic carbocycles. The lowest BCUT2D eigenvalue weighted by molar-refractivity contribution is -0.154. The fourth-order valence-electron chi connectivity index (χ4n) is 3.04. The molecule has 0 bridgehead atoms. The molecule has 0 amide bonds. The van der Waals surface area contributed by atoms with Crippen molar-refractivity contribution in [2.75, 3.05) is 13.7 Å². The second kappa shape index (κ2) is 10.7. The van der Waals surface area contributed by atoms with Crippen molar-refractivity contribution in [3.05, 3.63) is 58.4 Å². The highest BCUT2D eigenvalue weighted by atomic mass is 19.4. The molecule has 0 radical (unpaired) electrons. The maximum atomic E-state index is 13.7. The summed E-state index contributed by atoms with van der Waals surface area (Å²) in [6.07, 6.45) is -5.36. The number of carbonyl (C=O) groups excluding carboxylic acids is 1. The van der Waals surface area contributed by atoms with E-state index in [4.69, 9.17) is 23.4 Å². The molecule has 0 aliphatic rings. The van der Waals surface area contributed by atoms with Crippen LogP contribution in [0.15, 0.2) is 51.7 Å². The fourth-order valence-corrected chi connectivity index (χ4v) is 3.04. The van der Waals surface area contributed by atoms with E-state index in [9.17, 15) is 22.8 Å². The number of rotatable bonds is 9. The third-order valence-electron chi connectivity index (χ3n) is 4.94. The molecule has 188 valence electrons. The maximum Gasteiger partial charge on any atom is 0.453 e. The molecule has 3 aromatic rings. The van der Waals surface area contributed by atoms with Crippen molar-refractivity contribution in [3.63, 3.8) is 0 Å². The van der Waals surface area contributed by atoms with Crippen molar-refractivity contribution in [2.24, 2.45) is 5.92 Å². The summed E-state index contributed by atoms with van der Waals surface area (Å²) in [5.74, 6) is -2.37. The Bertz CT molecular complexity index is 1230. The molecule has 0 aliphatic carbocycles. The average molecular weight is 494 g/mol. The number of carbonyl (C=O) groups is 1. The van der Waals surface area contributed by atoms with Gasteiger partial charge in [0, 0.05) is 6.07 Å². The van der Waals surface area contributed by atoms with Gasteiger partial charge in [0.05, 0.1) is 19.1 Å². The summed E-state index contributed by atoms with van der Waals surface area (Å²) in [7, 11) is 1.43. The third-order valence-corrected chi connectivity index (χ3v) is 4.94. The topological polar surface area (TPSA) is 84.2 Å². The minimum absolute atomic E-state index is 0.00675. The Hall–Kier alpha value is -3.69. The molecule has 35 heavy (non-hydrogen) atoms. The number of benzene rings is 2. The number of methoxy groups -OCH3 is 1. The summed E-state index contributed by atoms with van der Waals surface area (Å²) in [6.45, 7) is 5.65. The highest BCUT2D eigenvalue weighted by molar-refractivity contribution is 5.80. The van der Waals surface area contributed by atoms with E-state index >= 15 is 0 Å². The van der Waals surface area contributed by atoms with Gasteiger partial charge >= 0.3 is 12.1 Å². The van der Waals surface area contributed by atoms with Crippen molar-refractivity contribution in [2.45, 2.75) is 39.5 Å². The van der Waals surface area contributed by atoms with Crippen LogP contribution in [0.4, 0.5) is 13.2 Å². The van der Waals surface area contributed by atoms with E-state index in [1.165, 1.54) is 50.4 Å². The molecule has 0 aliphatic heterocycles. The van der Waals surface area contributed by atoms with E-state index in [1.54, 1.807) is 0 Å². The van der Waals surface area contributed by atoms with Crippen LogP contribution in [0.3, 0.4) is 0 Å². The van der Waals surface area contributed by atoms with Gasteiger partial charge in [0.2, 0.25) is 11.2 Å². The first kappa shape index (κ1) is 25.9.